The summed E-state index contributed by atoms with van der Waals surface area (Å²) in [5.41, 5.74) is -0.284. The molecule has 12 heteroatoms. The number of rotatable bonds is 3. The number of alkyl halides is 3. The fourth-order valence-corrected chi connectivity index (χ4v) is 3.32. The zero-order valence-corrected chi connectivity index (χ0v) is 14.0. The molecule has 1 fully saturated rings. The van der Waals surface area contributed by atoms with Crippen molar-refractivity contribution in [1.29, 1.82) is 0 Å². The average molecular weight is 407 g/mol. The molecule has 1 aromatic rings. The normalized spacial score (nSPS) is 17.3. The van der Waals surface area contributed by atoms with Gasteiger partial charge in [-0.1, -0.05) is 0 Å². The van der Waals surface area contributed by atoms with Crippen molar-refractivity contribution in [3.05, 3.63) is 35.1 Å². The van der Waals surface area contributed by atoms with Crippen LogP contribution in [0.15, 0.2) is 12.1 Å². The maximum atomic E-state index is 13.4. The van der Waals surface area contributed by atoms with E-state index in [2.05, 4.69) is 0 Å². The quantitative estimate of drug-likeness (QED) is 0.613. The van der Waals surface area contributed by atoms with Crippen molar-refractivity contribution in [2.45, 2.75) is 12.6 Å². The first-order valence-corrected chi connectivity index (χ1v) is 9.01. The highest BCUT2D eigenvalue weighted by Crippen LogP contribution is 2.17. The van der Waals surface area contributed by atoms with Crippen LogP contribution in [0.25, 0.3) is 0 Å². The number of carboxylic acid groups (broad SMARTS) is 1. The minimum atomic E-state index is -5.08. The van der Waals surface area contributed by atoms with E-state index in [4.69, 9.17) is 9.90 Å². The third-order valence-electron chi connectivity index (χ3n) is 3.50. The third-order valence-corrected chi connectivity index (χ3v) is 5.11. The minimum Gasteiger partial charge on any atom is -0.475 e. The van der Waals surface area contributed by atoms with Crippen LogP contribution < -0.4 is 0 Å². The van der Waals surface area contributed by atoms with E-state index in [-0.39, 0.29) is 23.5 Å². The van der Waals surface area contributed by atoms with Gasteiger partial charge < -0.3 is 10.0 Å². The second-order valence-electron chi connectivity index (χ2n) is 5.37. The predicted octanol–water partition coefficient (Wildman–Crippen LogP) is 2.01. The number of carbonyl (C=O) groups is 1. The Morgan fingerprint density at radius 1 is 1.08 bits per heavy atom. The summed E-state index contributed by atoms with van der Waals surface area (Å²) >= 11 is 0. The molecule has 1 saturated heterocycles. The van der Waals surface area contributed by atoms with Crippen LogP contribution in [0.1, 0.15) is 5.56 Å². The van der Waals surface area contributed by atoms with E-state index in [1.54, 1.807) is 0 Å². The highest BCUT2D eigenvalue weighted by Gasteiger charge is 2.38. The smallest absolute Gasteiger partial charge is 0.475 e. The maximum Gasteiger partial charge on any atom is 0.490 e. The van der Waals surface area contributed by atoms with Crippen molar-refractivity contribution in [2.24, 2.45) is 0 Å². The van der Waals surface area contributed by atoms with Crippen LogP contribution in [0.4, 0.5) is 26.3 Å². The molecule has 26 heavy (non-hydrogen) atoms. The standard InChI is InChI=1S/C12H14F3NO2S.C2HF3O2/c13-10-1-2-11(14)12(15)9(10)3-4-16-5-7-19(17,18)8-6-16;3-2(4,5)1(6)7/h1-2H,3-8H2;(H,6,7). The summed E-state index contributed by atoms with van der Waals surface area (Å²) in [6.07, 6.45) is -5.06. The van der Waals surface area contributed by atoms with Gasteiger partial charge in [-0.05, 0) is 18.6 Å². The van der Waals surface area contributed by atoms with E-state index in [0.29, 0.717) is 19.6 Å². The van der Waals surface area contributed by atoms with Gasteiger partial charge in [-0.2, -0.15) is 13.2 Å². The fraction of sp³-hybridized carbons (Fsp3) is 0.500. The Bertz CT molecular complexity index is 737. The number of nitrogens with zero attached hydrogens (tertiary/aromatic N) is 1. The van der Waals surface area contributed by atoms with Crippen LogP contribution >= 0.6 is 0 Å². The molecule has 148 valence electrons. The Morgan fingerprint density at radius 3 is 2.00 bits per heavy atom. The summed E-state index contributed by atoms with van der Waals surface area (Å²) in [6, 6.07) is 1.65. The Kier molecular flexibility index (Phi) is 7.45. The van der Waals surface area contributed by atoms with Crippen LogP contribution in [0, 0.1) is 17.5 Å². The van der Waals surface area contributed by atoms with Gasteiger partial charge in [0, 0.05) is 25.2 Å². The molecule has 0 spiro atoms. The van der Waals surface area contributed by atoms with Crippen molar-refractivity contribution in [2.75, 3.05) is 31.1 Å². The van der Waals surface area contributed by atoms with Gasteiger partial charge in [-0.3, -0.25) is 0 Å². The average Bonchev–Trinajstić information content (AvgIpc) is 2.52. The van der Waals surface area contributed by atoms with Crippen molar-refractivity contribution in [3.63, 3.8) is 0 Å². The number of halogens is 6. The molecule has 2 rings (SSSR count). The number of carboxylic acids is 1. The number of benzene rings is 1. The highest BCUT2D eigenvalue weighted by molar-refractivity contribution is 7.91. The first kappa shape index (κ1) is 22.2. The molecular formula is C14H15F6NO4S. The van der Waals surface area contributed by atoms with Gasteiger partial charge >= 0.3 is 12.1 Å². The van der Waals surface area contributed by atoms with Crippen LogP contribution in [-0.4, -0.2) is 61.7 Å². The van der Waals surface area contributed by atoms with Crippen LogP contribution in [-0.2, 0) is 21.1 Å². The SMILES string of the molecule is O=C(O)C(F)(F)F.O=S1(=O)CCN(CCc2c(F)ccc(F)c2F)CC1. The van der Waals surface area contributed by atoms with Crippen molar-refractivity contribution >= 4 is 15.8 Å². The van der Waals surface area contributed by atoms with Gasteiger partial charge in [0.05, 0.1) is 11.5 Å². The first-order valence-electron chi connectivity index (χ1n) is 7.19. The predicted molar refractivity (Wildman–Crippen MR) is 78.8 cm³/mol. The molecule has 1 N–H and O–H groups in total. The summed E-state index contributed by atoms with van der Waals surface area (Å²) < 4.78 is 94.0. The third kappa shape index (κ3) is 6.83. The number of hydrogen-bond acceptors (Lipinski definition) is 4. The van der Waals surface area contributed by atoms with Crippen LogP contribution in [0.2, 0.25) is 0 Å². The van der Waals surface area contributed by atoms with E-state index >= 15 is 0 Å². The highest BCUT2D eigenvalue weighted by atomic mass is 32.2. The molecule has 0 aromatic heterocycles. The zero-order valence-electron chi connectivity index (χ0n) is 13.2. The van der Waals surface area contributed by atoms with E-state index in [9.17, 15) is 34.8 Å². The van der Waals surface area contributed by atoms with Gasteiger partial charge in [0.1, 0.15) is 5.82 Å². The zero-order chi connectivity index (χ0) is 20.1. The van der Waals surface area contributed by atoms with E-state index in [0.717, 1.165) is 12.1 Å². The minimum absolute atomic E-state index is 0.0233. The van der Waals surface area contributed by atoms with Crippen molar-refractivity contribution in [1.82, 2.24) is 4.90 Å². The second kappa shape index (κ2) is 8.71. The van der Waals surface area contributed by atoms with Gasteiger partial charge in [-0.25, -0.2) is 26.4 Å². The molecule has 1 heterocycles. The molecule has 1 aliphatic rings. The summed E-state index contributed by atoms with van der Waals surface area (Å²) in [5.74, 6) is -5.65. The summed E-state index contributed by atoms with van der Waals surface area (Å²) in [7, 11) is -2.97. The Labute approximate surface area is 145 Å². The molecule has 0 amide bonds. The number of hydrogen-bond donors (Lipinski definition) is 1. The molecule has 0 radical (unpaired) electrons. The molecular weight excluding hydrogens is 392 g/mol. The Balaban J connectivity index is 0.000000412. The lowest BCUT2D eigenvalue weighted by Gasteiger charge is -2.26. The largest absolute Gasteiger partial charge is 0.490 e. The molecule has 1 aliphatic heterocycles. The number of sulfone groups is 1. The van der Waals surface area contributed by atoms with Gasteiger partial charge in [0.15, 0.2) is 21.5 Å². The molecule has 0 unspecified atom stereocenters. The lowest BCUT2D eigenvalue weighted by Crippen LogP contribution is -2.41. The fourth-order valence-electron chi connectivity index (χ4n) is 2.04. The summed E-state index contributed by atoms with van der Waals surface area (Å²) in [5, 5.41) is 7.12. The van der Waals surface area contributed by atoms with Crippen LogP contribution in [0.3, 0.4) is 0 Å². The maximum absolute atomic E-state index is 13.4. The van der Waals surface area contributed by atoms with Crippen molar-refractivity contribution in [3.8, 4) is 0 Å². The molecule has 0 saturated carbocycles. The molecule has 0 bridgehead atoms. The first-order chi connectivity index (χ1) is 11.8. The number of aliphatic carboxylic acids is 1. The van der Waals surface area contributed by atoms with E-state index in [1.807, 2.05) is 4.90 Å². The lowest BCUT2D eigenvalue weighted by atomic mass is 10.1. The van der Waals surface area contributed by atoms with Gasteiger partial charge in [0.2, 0.25) is 0 Å². The van der Waals surface area contributed by atoms with E-state index in [1.165, 1.54) is 0 Å². The molecule has 1 aromatic carbocycles. The van der Waals surface area contributed by atoms with Gasteiger partial charge in [-0.15, -0.1) is 0 Å². The lowest BCUT2D eigenvalue weighted by molar-refractivity contribution is -0.192. The molecule has 0 aliphatic carbocycles. The van der Waals surface area contributed by atoms with Gasteiger partial charge in [0.25, 0.3) is 0 Å². The van der Waals surface area contributed by atoms with E-state index < -0.39 is 39.4 Å². The molecule has 0 atom stereocenters. The Hall–Kier alpha value is -1.82. The molecule has 5 nitrogen and oxygen atoms in total. The topological polar surface area (TPSA) is 74.7 Å². The summed E-state index contributed by atoms with van der Waals surface area (Å²) in [4.78, 5) is 10.7. The second-order valence-corrected chi connectivity index (χ2v) is 7.67. The monoisotopic (exact) mass is 407 g/mol. The summed E-state index contributed by atoms with van der Waals surface area (Å²) in [6.45, 7) is 1.01. The Morgan fingerprint density at radius 2 is 1.54 bits per heavy atom. The van der Waals surface area contributed by atoms with Crippen LogP contribution in [0.5, 0.6) is 0 Å². The van der Waals surface area contributed by atoms with Crippen molar-refractivity contribution < 1.29 is 44.7 Å².